The topological polar surface area (TPSA) is 60.0 Å². The normalized spacial score (nSPS) is 27.3. The van der Waals surface area contributed by atoms with Gasteiger partial charge in [0.05, 0.1) is 19.8 Å². The molecular formula is C27H34N2O4. The van der Waals surface area contributed by atoms with Gasteiger partial charge in [-0.1, -0.05) is 32.0 Å². The Morgan fingerprint density at radius 3 is 2.52 bits per heavy atom. The predicted octanol–water partition coefficient (Wildman–Crippen LogP) is 4.95. The molecule has 2 aromatic rings. The third-order valence-corrected chi connectivity index (χ3v) is 7.55. The number of amides is 1. The Morgan fingerprint density at radius 1 is 1.12 bits per heavy atom. The SMILES string of the molecule is COc1ccc(-c2ccc3c(c2)OCC(C)(C)C3NC(=O)O[C@H]2CN3CCC2CC3)cc1C. The van der Waals surface area contributed by atoms with Crippen molar-refractivity contribution in [2.75, 3.05) is 33.4 Å². The lowest BCUT2D eigenvalue weighted by molar-refractivity contribution is -0.0361. The van der Waals surface area contributed by atoms with Crippen LogP contribution in [0.2, 0.25) is 0 Å². The van der Waals surface area contributed by atoms with Gasteiger partial charge in [0, 0.05) is 17.5 Å². The highest BCUT2D eigenvalue weighted by Crippen LogP contribution is 2.44. The third-order valence-electron chi connectivity index (χ3n) is 7.55. The van der Waals surface area contributed by atoms with Crippen molar-refractivity contribution < 1.29 is 19.0 Å². The lowest BCUT2D eigenvalue weighted by atomic mass is 9.78. The fraction of sp³-hybridized carbons (Fsp3) is 0.519. The van der Waals surface area contributed by atoms with Gasteiger partial charge in [0.1, 0.15) is 17.6 Å². The molecule has 1 N–H and O–H groups in total. The minimum absolute atomic E-state index is 0.00406. The summed E-state index contributed by atoms with van der Waals surface area (Å²) in [5, 5.41) is 3.18. The van der Waals surface area contributed by atoms with Gasteiger partial charge in [-0.2, -0.15) is 0 Å². The molecule has 0 radical (unpaired) electrons. The van der Waals surface area contributed by atoms with Crippen LogP contribution in [0.25, 0.3) is 11.1 Å². The average Bonchev–Trinajstić information content (AvgIpc) is 2.81. The van der Waals surface area contributed by atoms with Crippen LogP contribution in [-0.4, -0.2) is 50.4 Å². The summed E-state index contributed by atoms with van der Waals surface area (Å²) in [5.41, 5.74) is 4.01. The zero-order chi connectivity index (χ0) is 23.2. The first kappa shape index (κ1) is 22.1. The summed E-state index contributed by atoms with van der Waals surface area (Å²) in [5.74, 6) is 2.18. The number of nitrogens with one attached hydrogen (secondary N) is 1. The first-order valence-electron chi connectivity index (χ1n) is 12.0. The highest BCUT2D eigenvalue weighted by molar-refractivity contribution is 5.71. The van der Waals surface area contributed by atoms with Gasteiger partial charge in [-0.25, -0.2) is 4.79 Å². The monoisotopic (exact) mass is 450 g/mol. The molecule has 2 bridgehead atoms. The van der Waals surface area contributed by atoms with Gasteiger partial charge < -0.3 is 19.5 Å². The molecule has 0 saturated carbocycles. The quantitative estimate of drug-likeness (QED) is 0.714. The van der Waals surface area contributed by atoms with Gasteiger partial charge in [0.25, 0.3) is 0 Å². The van der Waals surface area contributed by atoms with E-state index in [4.69, 9.17) is 14.2 Å². The molecule has 0 spiro atoms. The minimum atomic E-state index is -0.325. The number of piperidine rings is 3. The van der Waals surface area contributed by atoms with Crippen LogP contribution < -0.4 is 14.8 Å². The van der Waals surface area contributed by atoms with E-state index in [1.165, 1.54) is 0 Å². The van der Waals surface area contributed by atoms with E-state index in [-0.39, 0.29) is 23.7 Å². The maximum atomic E-state index is 12.9. The van der Waals surface area contributed by atoms with E-state index in [9.17, 15) is 4.79 Å². The van der Waals surface area contributed by atoms with Crippen LogP contribution in [0.1, 0.15) is 43.9 Å². The Bertz CT molecular complexity index is 1040. The zero-order valence-corrected chi connectivity index (χ0v) is 20.0. The molecule has 1 amide bonds. The number of nitrogens with zero attached hydrogens (tertiary/aromatic N) is 1. The van der Waals surface area contributed by atoms with E-state index in [0.717, 1.165) is 66.2 Å². The standard InChI is InChI=1S/C27H34N2O4/c1-17-13-19(6-8-22(17)31-4)20-5-7-21-23(14-20)32-16-27(2,3)25(21)28-26(30)33-24-15-29-11-9-18(24)10-12-29/h5-8,13-14,18,24-25H,9-12,15-16H2,1-4H3,(H,28,30)/t24-,25?/m0/s1. The molecule has 6 nitrogen and oxygen atoms in total. The number of hydrogen-bond acceptors (Lipinski definition) is 5. The van der Waals surface area contributed by atoms with E-state index in [1.54, 1.807) is 7.11 Å². The van der Waals surface area contributed by atoms with Crippen molar-refractivity contribution in [3.63, 3.8) is 0 Å². The number of hydrogen-bond donors (Lipinski definition) is 1. The molecule has 0 aliphatic carbocycles. The van der Waals surface area contributed by atoms with Crippen molar-refractivity contribution >= 4 is 6.09 Å². The van der Waals surface area contributed by atoms with Gasteiger partial charge in [-0.3, -0.25) is 4.90 Å². The van der Waals surface area contributed by atoms with Crippen molar-refractivity contribution in [3.8, 4) is 22.6 Å². The molecule has 3 saturated heterocycles. The number of benzene rings is 2. The maximum Gasteiger partial charge on any atom is 0.407 e. The third kappa shape index (κ3) is 4.29. The lowest BCUT2D eigenvalue weighted by Crippen LogP contribution is -2.53. The van der Waals surface area contributed by atoms with Crippen LogP contribution in [-0.2, 0) is 4.74 Å². The Morgan fingerprint density at radius 2 is 1.85 bits per heavy atom. The second-order valence-electron chi connectivity index (χ2n) is 10.4. The second-order valence-corrected chi connectivity index (χ2v) is 10.4. The van der Waals surface area contributed by atoms with Crippen LogP contribution >= 0.6 is 0 Å². The number of alkyl carbamates (subject to hydrolysis) is 1. The highest BCUT2D eigenvalue weighted by Gasteiger charge is 2.41. The van der Waals surface area contributed by atoms with Gasteiger partial charge in [0.15, 0.2) is 0 Å². The van der Waals surface area contributed by atoms with Crippen molar-refractivity contribution in [1.82, 2.24) is 10.2 Å². The minimum Gasteiger partial charge on any atom is -0.496 e. The number of fused-ring (bicyclic) bond motifs is 4. The van der Waals surface area contributed by atoms with Gasteiger partial charge in [0.2, 0.25) is 0 Å². The molecule has 176 valence electrons. The fourth-order valence-electron chi connectivity index (χ4n) is 5.51. The number of carbonyl (C=O) groups is 1. The second kappa shape index (κ2) is 8.56. The number of ether oxygens (including phenoxy) is 3. The summed E-state index contributed by atoms with van der Waals surface area (Å²) in [7, 11) is 1.69. The largest absolute Gasteiger partial charge is 0.496 e. The van der Waals surface area contributed by atoms with E-state index in [1.807, 2.05) is 13.0 Å². The first-order chi connectivity index (χ1) is 15.8. The van der Waals surface area contributed by atoms with Crippen LogP contribution in [0.5, 0.6) is 11.5 Å². The summed E-state index contributed by atoms with van der Waals surface area (Å²) in [6.07, 6.45) is 1.92. The summed E-state index contributed by atoms with van der Waals surface area (Å²) >= 11 is 0. The van der Waals surface area contributed by atoms with E-state index >= 15 is 0 Å². The molecule has 3 fully saturated rings. The average molecular weight is 451 g/mol. The van der Waals surface area contributed by atoms with Crippen LogP contribution in [0.15, 0.2) is 36.4 Å². The summed E-state index contributed by atoms with van der Waals surface area (Å²) in [6, 6.07) is 12.2. The zero-order valence-electron chi connectivity index (χ0n) is 20.0. The van der Waals surface area contributed by atoms with Crippen LogP contribution in [0.3, 0.4) is 0 Å². The Labute approximate surface area is 196 Å². The summed E-state index contributed by atoms with van der Waals surface area (Å²) in [4.78, 5) is 15.3. The number of carbonyl (C=O) groups excluding carboxylic acids is 1. The molecule has 33 heavy (non-hydrogen) atoms. The number of rotatable bonds is 4. The van der Waals surface area contributed by atoms with Crippen LogP contribution in [0, 0.1) is 18.3 Å². The van der Waals surface area contributed by atoms with E-state index < -0.39 is 0 Å². The van der Waals surface area contributed by atoms with Crippen molar-refractivity contribution in [3.05, 3.63) is 47.5 Å². The first-order valence-corrected chi connectivity index (χ1v) is 12.0. The van der Waals surface area contributed by atoms with Crippen molar-refractivity contribution in [2.24, 2.45) is 11.3 Å². The maximum absolute atomic E-state index is 12.9. The Balaban J connectivity index is 1.35. The Kier molecular flexibility index (Phi) is 5.73. The van der Waals surface area contributed by atoms with Gasteiger partial charge >= 0.3 is 6.09 Å². The molecule has 1 unspecified atom stereocenters. The molecule has 6 rings (SSSR count). The van der Waals surface area contributed by atoms with Gasteiger partial charge in [-0.15, -0.1) is 0 Å². The molecule has 4 heterocycles. The fourth-order valence-corrected chi connectivity index (χ4v) is 5.51. The molecule has 4 aliphatic rings. The highest BCUT2D eigenvalue weighted by atomic mass is 16.6. The number of methoxy groups -OCH3 is 1. The molecule has 2 aromatic carbocycles. The molecule has 6 heteroatoms. The van der Waals surface area contributed by atoms with Crippen molar-refractivity contribution in [2.45, 2.75) is 45.8 Å². The molecular weight excluding hydrogens is 416 g/mol. The number of aryl methyl sites for hydroxylation is 1. The summed E-state index contributed by atoms with van der Waals surface area (Å²) in [6.45, 7) is 9.92. The van der Waals surface area contributed by atoms with Gasteiger partial charge in [-0.05, 0) is 73.7 Å². The van der Waals surface area contributed by atoms with Crippen molar-refractivity contribution in [1.29, 1.82) is 0 Å². The Hall–Kier alpha value is -2.73. The predicted molar refractivity (Wildman–Crippen MR) is 128 cm³/mol. The molecule has 4 aliphatic heterocycles. The molecule has 0 aromatic heterocycles. The molecule has 2 atom stereocenters. The van der Waals surface area contributed by atoms with E-state index in [2.05, 4.69) is 54.4 Å². The summed E-state index contributed by atoms with van der Waals surface area (Å²) < 4.78 is 17.5. The smallest absolute Gasteiger partial charge is 0.407 e. The lowest BCUT2D eigenvalue weighted by Gasteiger charge is -2.44. The van der Waals surface area contributed by atoms with Crippen LogP contribution in [0.4, 0.5) is 4.79 Å². The van der Waals surface area contributed by atoms with E-state index in [0.29, 0.717) is 12.5 Å².